The van der Waals surface area contributed by atoms with Gasteiger partial charge >= 0.3 is 5.97 Å². The van der Waals surface area contributed by atoms with Crippen molar-refractivity contribution in [2.45, 2.75) is 26.7 Å². The number of carbonyl (C=O) groups excluding carboxylic acids is 2. The van der Waals surface area contributed by atoms with Crippen LogP contribution in [-0.2, 0) is 9.59 Å². The van der Waals surface area contributed by atoms with Gasteiger partial charge in [-0.15, -0.1) is 0 Å². The molecular weight excluding hydrogens is 296 g/mol. The second-order valence-corrected chi connectivity index (χ2v) is 6.15. The first-order valence-corrected chi connectivity index (χ1v) is 7.81. The van der Waals surface area contributed by atoms with Crippen molar-refractivity contribution in [1.29, 1.82) is 0 Å². The number of carboxylic acids is 1. The number of anilines is 1. The summed E-state index contributed by atoms with van der Waals surface area (Å²) >= 11 is 0. The molecule has 1 atom stereocenters. The molecule has 2 rings (SSSR count). The van der Waals surface area contributed by atoms with Gasteiger partial charge in [-0.3, -0.25) is 14.4 Å². The Labute approximate surface area is 135 Å². The lowest BCUT2D eigenvalue weighted by molar-refractivity contribution is -0.143. The Balaban J connectivity index is 2.10. The van der Waals surface area contributed by atoms with Crippen molar-refractivity contribution < 1.29 is 19.5 Å². The fourth-order valence-corrected chi connectivity index (χ4v) is 2.56. The third-order valence-electron chi connectivity index (χ3n) is 3.96. The van der Waals surface area contributed by atoms with Crippen molar-refractivity contribution in [1.82, 2.24) is 4.90 Å². The van der Waals surface area contributed by atoms with Crippen LogP contribution in [0.4, 0.5) is 5.69 Å². The first-order valence-electron chi connectivity index (χ1n) is 7.81. The van der Waals surface area contributed by atoms with E-state index in [1.165, 1.54) is 0 Å². The summed E-state index contributed by atoms with van der Waals surface area (Å²) in [6.45, 7) is 4.39. The number of hydrogen-bond acceptors (Lipinski definition) is 3. The van der Waals surface area contributed by atoms with Crippen LogP contribution >= 0.6 is 0 Å². The molecule has 1 unspecified atom stereocenters. The molecule has 1 aliphatic heterocycles. The van der Waals surface area contributed by atoms with Gasteiger partial charge in [-0.1, -0.05) is 19.9 Å². The Bertz CT molecular complexity index is 612. The number of likely N-dealkylation sites (tertiary alicyclic amines) is 1. The Hall–Kier alpha value is -2.37. The van der Waals surface area contributed by atoms with Crippen LogP contribution in [0.15, 0.2) is 24.3 Å². The number of carboxylic acid groups (broad SMARTS) is 1. The maximum atomic E-state index is 12.6. The number of nitrogens with one attached hydrogen (secondary N) is 1. The zero-order valence-corrected chi connectivity index (χ0v) is 13.4. The molecule has 0 radical (unpaired) electrons. The summed E-state index contributed by atoms with van der Waals surface area (Å²) in [7, 11) is 0. The van der Waals surface area contributed by atoms with E-state index in [9.17, 15) is 14.4 Å². The minimum atomic E-state index is -0.861. The molecule has 6 heteroatoms. The predicted octanol–water partition coefficient (Wildman–Crippen LogP) is 2.22. The topological polar surface area (TPSA) is 86.7 Å². The molecule has 1 saturated heterocycles. The molecule has 1 aliphatic rings. The van der Waals surface area contributed by atoms with E-state index in [-0.39, 0.29) is 24.3 Å². The molecule has 0 bridgehead atoms. The minimum absolute atomic E-state index is 0.112. The number of hydrogen-bond donors (Lipinski definition) is 2. The molecule has 2 N–H and O–H groups in total. The normalized spacial score (nSPS) is 17.9. The van der Waals surface area contributed by atoms with Crippen LogP contribution in [0.3, 0.4) is 0 Å². The SMILES string of the molecule is CC(C)C(=O)Nc1cccc(C(=O)N2CCCC(C(=O)O)C2)c1. The van der Waals surface area contributed by atoms with E-state index in [4.69, 9.17) is 5.11 Å². The molecule has 23 heavy (non-hydrogen) atoms. The molecular formula is C17H22N2O4. The Morgan fingerprint density at radius 1 is 1.30 bits per heavy atom. The summed E-state index contributed by atoms with van der Waals surface area (Å²) in [6.07, 6.45) is 1.29. The lowest BCUT2D eigenvalue weighted by Gasteiger charge is -2.30. The molecule has 6 nitrogen and oxygen atoms in total. The van der Waals surface area contributed by atoms with Crippen LogP contribution < -0.4 is 5.32 Å². The van der Waals surface area contributed by atoms with Crippen molar-refractivity contribution in [3.8, 4) is 0 Å². The summed E-state index contributed by atoms with van der Waals surface area (Å²) in [5.41, 5.74) is 1.03. The second-order valence-electron chi connectivity index (χ2n) is 6.15. The highest BCUT2D eigenvalue weighted by molar-refractivity contribution is 5.97. The highest BCUT2D eigenvalue weighted by Crippen LogP contribution is 2.20. The first kappa shape index (κ1) is 17.0. The fourth-order valence-electron chi connectivity index (χ4n) is 2.56. The largest absolute Gasteiger partial charge is 0.481 e. The van der Waals surface area contributed by atoms with Crippen LogP contribution in [-0.4, -0.2) is 40.9 Å². The van der Waals surface area contributed by atoms with E-state index in [2.05, 4.69) is 5.32 Å². The van der Waals surface area contributed by atoms with Crippen LogP contribution in [0.25, 0.3) is 0 Å². The summed E-state index contributed by atoms with van der Waals surface area (Å²) in [5.74, 6) is -1.82. The van der Waals surface area contributed by atoms with Crippen molar-refractivity contribution >= 4 is 23.5 Å². The number of nitrogens with zero attached hydrogens (tertiary/aromatic N) is 1. The van der Waals surface area contributed by atoms with Crippen molar-refractivity contribution in [2.75, 3.05) is 18.4 Å². The lowest BCUT2D eigenvalue weighted by Crippen LogP contribution is -2.42. The van der Waals surface area contributed by atoms with E-state index in [1.807, 2.05) is 0 Å². The number of rotatable bonds is 4. The third kappa shape index (κ3) is 4.31. The van der Waals surface area contributed by atoms with Gasteiger partial charge in [0.1, 0.15) is 0 Å². The zero-order valence-electron chi connectivity index (χ0n) is 13.4. The summed E-state index contributed by atoms with van der Waals surface area (Å²) in [4.78, 5) is 37.0. The number of amides is 2. The third-order valence-corrected chi connectivity index (χ3v) is 3.96. The van der Waals surface area contributed by atoms with Gasteiger partial charge in [0.25, 0.3) is 5.91 Å². The highest BCUT2D eigenvalue weighted by Gasteiger charge is 2.28. The lowest BCUT2D eigenvalue weighted by atomic mass is 9.97. The van der Waals surface area contributed by atoms with E-state index in [1.54, 1.807) is 43.0 Å². The van der Waals surface area contributed by atoms with E-state index in [0.29, 0.717) is 30.6 Å². The molecule has 124 valence electrons. The molecule has 1 heterocycles. The molecule has 1 aromatic rings. The predicted molar refractivity (Wildman–Crippen MR) is 86.2 cm³/mol. The quantitative estimate of drug-likeness (QED) is 0.891. The van der Waals surface area contributed by atoms with Crippen LogP contribution in [0.5, 0.6) is 0 Å². The summed E-state index contributed by atoms with van der Waals surface area (Å²) in [6, 6.07) is 6.75. The number of aliphatic carboxylic acids is 1. The van der Waals surface area contributed by atoms with Crippen LogP contribution in [0.2, 0.25) is 0 Å². The molecule has 0 spiro atoms. The Morgan fingerprint density at radius 3 is 2.70 bits per heavy atom. The van der Waals surface area contributed by atoms with E-state index >= 15 is 0 Å². The molecule has 1 fully saturated rings. The average Bonchev–Trinajstić information content (AvgIpc) is 2.54. The monoisotopic (exact) mass is 318 g/mol. The van der Waals surface area contributed by atoms with Gasteiger partial charge < -0.3 is 15.3 Å². The summed E-state index contributed by atoms with van der Waals surface area (Å²) in [5, 5.41) is 11.9. The Morgan fingerprint density at radius 2 is 2.04 bits per heavy atom. The maximum absolute atomic E-state index is 12.6. The number of carbonyl (C=O) groups is 3. The van der Waals surface area contributed by atoms with E-state index < -0.39 is 11.9 Å². The average molecular weight is 318 g/mol. The molecule has 0 aliphatic carbocycles. The van der Waals surface area contributed by atoms with Crippen molar-refractivity contribution in [3.63, 3.8) is 0 Å². The van der Waals surface area contributed by atoms with Gasteiger partial charge in [0.2, 0.25) is 5.91 Å². The van der Waals surface area contributed by atoms with Crippen molar-refractivity contribution in [3.05, 3.63) is 29.8 Å². The zero-order chi connectivity index (χ0) is 17.0. The van der Waals surface area contributed by atoms with Gasteiger partial charge in [-0.2, -0.15) is 0 Å². The van der Waals surface area contributed by atoms with Crippen molar-refractivity contribution in [2.24, 2.45) is 11.8 Å². The highest BCUT2D eigenvalue weighted by atomic mass is 16.4. The molecule has 0 aromatic heterocycles. The second kappa shape index (κ2) is 7.26. The van der Waals surface area contributed by atoms with E-state index in [0.717, 1.165) is 0 Å². The fraction of sp³-hybridized carbons (Fsp3) is 0.471. The molecule has 2 amide bonds. The minimum Gasteiger partial charge on any atom is -0.481 e. The van der Waals surface area contributed by atoms with Gasteiger partial charge in [-0.25, -0.2) is 0 Å². The Kier molecular flexibility index (Phi) is 5.36. The van der Waals surface area contributed by atoms with Crippen LogP contribution in [0, 0.1) is 11.8 Å². The summed E-state index contributed by atoms with van der Waals surface area (Å²) < 4.78 is 0. The van der Waals surface area contributed by atoms with Gasteiger partial charge in [0.15, 0.2) is 0 Å². The standard InChI is InChI=1S/C17H22N2O4/c1-11(2)15(20)18-14-7-3-5-12(9-14)16(21)19-8-4-6-13(10-19)17(22)23/h3,5,7,9,11,13H,4,6,8,10H2,1-2H3,(H,18,20)(H,22,23). The van der Waals surface area contributed by atoms with Gasteiger partial charge in [0, 0.05) is 30.3 Å². The maximum Gasteiger partial charge on any atom is 0.308 e. The van der Waals surface area contributed by atoms with Gasteiger partial charge in [0.05, 0.1) is 5.92 Å². The van der Waals surface area contributed by atoms with Gasteiger partial charge in [-0.05, 0) is 31.0 Å². The van der Waals surface area contributed by atoms with Crippen LogP contribution in [0.1, 0.15) is 37.0 Å². The number of piperidine rings is 1. The molecule has 1 aromatic carbocycles. The smallest absolute Gasteiger partial charge is 0.308 e. The first-order chi connectivity index (χ1) is 10.9. The number of benzene rings is 1. The molecule has 0 saturated carbocycles.